The van der Waals surface area contributed by atoms with Crippen LogP contribution in [0.4, 0.5) is 11.4 Å². The molecule has 0 heterocycles. The SMILES string of the molecule is Cc1ccc(NC(C)Cc2ccc(Cl)cc2)cc1[N+](=O)[O-]. The molecule has 1 N–H and O–H groups in total. The monoisotopic (exact) mass is 304 g/mol. The highest BCUT2D eigenvalue weighted by Crippen LogP contribution is 2.23. The average Bonchev–Trinajstić information content (AvgIpc) is 2.43. The van der Waals surface area contributed by atoms with Gasteiger partial charge >= 0.3 is 0 Å². The molecule has 2 rings (SSSR count). The maximum atomic E-state index is 10.9. The summed E-state index contributed by atoms with van der Waals surface area (Å²) in [4.78, 5) is 10.6. The Kier molecular flexibility index (Phi) is 4.81. The first-order valence-corrected chi connectivity index (χ1v) is 7.09. The molecule has 0 saturated carbocycles. The lowest BCUT2D eigenvalue weighted by Crippen LogP contribution is -2.18. The van der Waals surface area contributed by atoms with Crippen molar-refractivity contribution in [3.05, 3.63) is 68.7 Å². The molecular weight excluding hydrogens is 288 g/mol. The summed E-state index contributed by atoms with van der Waals surface area (Å²) in [6, 6.07) is 13.1. The van der Waals surface area contributed by atoms with Crippen molar-refractivity contribution in [1.29, 1.82) is 0 Å². The van der Waals surface area contributed by atoms with Crippen molar-refractivity contribution in [3.8, 4) is 0 Å². The van der Waals surface area contributed by atoms with Gasteiger partial charge in [0.15, 0.2) is 0 Å². The second kappa shape index (κ2) is 6.59. The Morgan fingerprint density at radius 2 is 1.90 bits per heavy atom. The first-order valence-electron chi connectivity index (χ1n) is 6.71. The maximum Gasteiger partial charge on any atom is 0.274 e. The molecule has 4 nitrogen and oxygen atoms in total. The van der Waals surface area contributed by atoms with E-state index in [1.165, 1.54) is 5.56 Å². The molecule has 0 aliphatic heterocycles. The summed E-state index contributed by atoms with van der Waals surface area (Å²) in [5.41, 5.74) is 2.73. The Bertz CT molecular complexity index is 641. The van der Waals surface area contributed by atoms with Crippen LogP contribution in [0.2, 0.25) is 5.02 Å². The zero-order chi connectivity index (χ0) is 15.4. The third kappa shape index (κ3) is 4.20. The molecule has 0 radical (unpaired) electrons. The Labute approximate surface area is 128 Å². The van der Waals surface area contributed by atoms with E-state index in [1.807, 2.05) is 37.3 Å². The Hall–Kier alpha value is -2.07. The predicted octanol–water partition coefficient (Wildman–Crippen LogP) is 4.60. The van der Waals surface area contributed by atoms with Gasteiger partial charge < -0.3 is 5.32 Å². The molecule has 2 aromatic rings. The van der Waals surface area contributed by atoms with Crippen LogP contribution >= 0.6 is 11.6 Å². The van der Waals surface area contributed by atoms with E-state index in [1.54, 1.807) is 19.1 Å². The van der Waals surface area contributed by atoms with Gasteiger partial charge in [-0.05, 0) is 44.0 Å². The van der Waals surface area contributed by atoms with Crippen molar-refractivity contribution in [3.63, 3.8) is 0 Å². The molecule has 5 heteroatoms. The number of nitrogens with one attached hydrogen (secondary N) is 1. The Balaban J connectivity index is 2.05. The van der Waals surface area contributed by atoms with Gasteiger partial charge in [-0.2, -0.15) is 0 Å². The molecule has 0 bridgehead atoms. The van der Waals surface area contributed by atoms with Crippen LogP contribution in [0.1, 0.15) is 18.1 Å². The lowest BCUT2D eigenvalue weighted by Gasteiger charge is -2.15. The first-order chi connectivity index (χ1) is 9.95. The third-order valence-electron chi connectivity index (χ3n) is 3.27. The number of benzene rings is 2. The number of nitro groups is 1. The van der Waals surface area contributed by atoms with E-state index >= 15 is 0 Å². The largest absolute Gasteiger partial charge is 0.382 e. The second-order valence-corrected chi connectivity index (χ2v) is 5.57. The van der Waals surface area contributed by atoms with E-state index < -0.39 is 0 Å². The van der Waals surface area contributed by atoms with E-state index in [4.69, 9.17) is 11.6 Å². The summed E-state index contributed by atoms with van der Waals surface area (Å²) in [5.74, 6) is 0. The van der Waals surface area contributed by atoms with Gasteiger partial charge in [0, 0.05) is 28.4 Å². The molecule has 110 valence electrons. The second-order valence-electron chi connectivity index (χ2n) is 5.13. The fourth-order valence-corrected chi connectivity index (χ4v) is 2.33. The zero-order valence-electron chi connectivity index (χ0n) is 12.0. The van der Waals surface area contributed by atoms with Crippen molar-refractivity contribution in [2.75, 3.05) is 5.32 Å². The minimum Gasteiger partial charge on any atom is -0.382 e. The zero-order valence-corrected chi connectivity index (χ0v) is 12.7. The highest BCUT2D eigenvalue weighted by atomic mass is 35.5. The molecule has 21 heavy (non-hydrogen) atoms. The van der Waals surface area contributed by atoms with Gasteiger partial charge in [-0.1, -0.05) is 29.8 Å². The van der Waals surface area contributed by atoms with E-state index in [0.29, 0.717) is 10.6 Å². The molecular formula is C16H17ClN2O2. The summed E-state index contributed by atoms with van der Waals surface area (Å²) in [7, 11) is 0. The number of rotatable bonds is 5. The Morgan fingerprint density at radius 3 is 2.52 bits per heavy atom. The van der Waals surface area contributed by atoms with Crippen LogP contribution in [-0.4, -0.2) is 11.0 Å². The molecule has 0 saturated heterocycles. The molecule has 0 amide bonds. The van der Waals surface area contributed by atoms with Gasteiger partial charge in [0.1, 0.15) is 0 Å². The summed E-state index contributed by atoms with van der Waals surface area (Å²) in [6.45, 7) is 3.78. The molecule has 2 aromatic carbocycles. The lowest BCUT2D eigenvalue weighted by atomic mass is 10.1. The topological polar surface area (TPSA) is 55.2 Å². The minimum absolute atomic E-state index is 0.138. The fraction of sp³-hybridized carbons (Fsp3) is 0.250. The fourth-order valence-electron chi connectivity index (χ4n) is 2.21. The van der Waals surface area contributed by atoms with E-state index in [2.05, 4.69) is 5.32 Å². The normalized spacial score (nSPS) is 12.0. The molecule has 1 unspecified atom stereocenters. The molecule has 1 atom stereocenters. The van der Waals surface area contributed by atoms with E-state index in [-0.39, 0.29) is 16.7 Å². The molecule has 0 fully saturated rings. The van der Waals surface area contributed by atoms with Gasteiger partial charge in [0.25, 0.3) is 5.69 Å². The van der Waals surface area contributed by atoms with E-state index in [0.717, 1.165) is 12.1 Å². The highest BCUT2D eigenvalue weighted by molar-refractivity contribution is 6.30. The number of anilines is 1. The first kappa shape index (κ1) is 15.3. The van der Waals surface area contributed by atoms with Crippen molar-refractivity contribution < 1.29 is 4.92 Å². The predicted molar refractivity (Wildman–Crippen MR) is 86.1 cm³/mol. The van der Waals surface area contributed by atoms with Crippen molar-refractivity contribution in [2.45, 2.75) is 26.3 Å². The standard InChI is InChI=1S/C16H17ClN2O2/c1-11-3-8-15(10-16(11)19(20)21)18-12(2)9-13-4-6-14(17)7-5-13/h3-8,10,12,18H,9H2,1-2H3. The van der Waals surface area contributed by atoms with Crippen LogP contribution in [0, 0.1) is 17.0 Å². The van der Waals surface area contributed by atoms with Crippen LogP contribution in [-0.2, 0) is 6.42 Å². The third-order valence-corrected chi connectivity index (χ3v) is 3.53. The number of nitrogens with zero attached hydrogens (tertiary/aromatic N) is 1. The van der Waals surface area contributed by atoms with Gasteiger partial charge in [-0.15, -0.1) is 0 Å². The van der Waals surface area contributed by atoms with Crippen molar-refractivity contribution in [1.82, 2.24) is 0 Å². The van der Waals surface area contributed by atoms with Crippen LogP contribution < -0.4 is 5.32 Å². The smallest absolute Gasteiger partial charge is 0.274 e. The number of nitro benzene ring substituents is 1. The Morgan fingerprint density at radius 1 is 1.24 bits per heavy atom. The highest BCUT2D eigenvalue weighted by Gasteiger charge is 2.12. The van der Waals surface area contributed by atoms with Crippen LogP contribution in [0.25, 0.3) is 0 Å². The summed E-state index contributed by atoms with van der Waals surface area (Å²) in [6.07, 6.45) is 0.818. The lowest BCUT2D eigenvalue weighted by molar-refractivity contribution is -0.385. The number of hydrogen-bond donors (Lipinski definition) is 1. The van der Waals surface area contributed by atoms with Crippen molar-refractivity contribution >= 4 is 23.0 Å². The summed E-state index contributed by atoms with van der Waals surface area (Å²) < 4.78 is 0. The van der Waals surface area contributed by atoms with Gasteiger partial charge in [-0.3, -0.25) is 10.1 Å². The van der Waals surface area contributed by atoms with Crippen LogP contribution in [0.3, 0.4) is 0 Å². The van der Waals surface area contributed by atoms with Crippen LogP contribution in [0.15, 0.2) is 42.5 Å². The molecule has 0 aliphatic rings. The number of hydrogen-bond acceptors (Lipinski definition) is 3. The molecule has 0 aliphatic carbocycles. The molecule has 0 aromatic heterocycles. The summed E-state index contributed by atoms with van der Waals surface area (Å²) in [5, 5.41) is 15.0. The number of halogens is 1. The average molecular weight is 305 g/mol. The number of aryl methyl sites for hydroxylation is 1. The molecule has 0 spiro atoms. The quantitative estimate of drug-likeness (QED) is 0.649. The van der Waals surface area contributed by atoms with Gasteiger partial charge in [0.2, 0.25) is 0 Å². The van der Waals surface area contributed by atoms with E-state index in [9.17, 15) is 10.1 Å². The van der Waals surface area contributed by atoms with Gasteiger partial charge in [-0.25, -0.2) is 0 Å². The van der Waals surface area contributed by atoms with Gasteiger partial charge in [0.05, 0.1) is 4.92 Å². The van der Waals surface area contributed by atoms with Crippen LogP contribution in [0.5, 0.6) is 0 Å². The summed E-state index contributed by atoms with van der Waals surface area (Å²) >= 11 is 5.86. The maximum absolute atomic E-state index is 10.9. The minimum atomic E-state index is -0.357. The van der Waals surface area contributed by atoms with Crippen molar-refractivity contribution in [2.24, 2.45) is 0 Å².